The lowest BCUT2D eigenvalue weighted by atomic mass is 9.71. The van der Waals surface area contributed by atoms with E-state index in [2.05, 4.69) is 27.5 Å². The summed E-state index contributed by atoms with van der Waals surface area (Å²) in [5.74, 6) is 0.510. The molecule has 3 aromatic heterocycles. The van der Waals surface area contributed by atoms with E-state index in [9.17, 15) is 9.59 Å². The van der Waals surface area contributed by atoms with Gasteiger partial charge >= 0.3 is 12.2 Å². The first-order valence-corrected chi connectivity index (χ1v) is 15.1. The van der Waals surface area contributed by atoms with Crippen LogP contribution in [0.3, 0.4) is 0 Å². The second-order valence-corrected chi connectivity index (χ2v) is 13.5. The largest absolute Gasteiger partial charge is 0.444 e. The molecule has 1 fully saturated rings. The molecule has 3 heterocycles. The molecule has 0 atom stereocenters. The highest BCUT2D eigenvalue weighted by atomic mass is 16.6. The smallest absolute Gasteiger partial charge is 0.435 e. The maximum Gasteiger partial charge on any atom is 0.435 e. The predicted octanol–water partition coefficient (Wildman–Crippen LogP) is 7.61. The lowest BCUT2D eigenvalue weighted by molar-refractivity contribution is 0.0376. The number of rotatable bonds is 5. The zero-order valence-electron chi connectivity index (χ0n) is 26.5. The fraction of sp³-hybridized carbons (Fsp3) is 0.343. The number of hydrogen-bond acceptors (Lipinski definition) is 7. The summed E-state index contributed by atoms with van der Waals surface area (Å²) in [6.07, 6.45) is 8.77. The average molecular weight is 607 g/mol. The Labute approximate surface area is 262 Å². The third kappa shape index (κ3) is 6.31. The van der Waals surface area contributed by atoms with E-state index in [1.807, 2.05) is 94.6 Å². The van der Waals surface area contributed by atoms with Crippen molar-refractivity contribution >= 4 is 18.0 Å². The van der Waals surface area contributed by atoms with Crippen LogP contribution in [0.25, 0.3) is 39.4 Å². The molecule has 0 bridgehead atoms. The van der Waals surface area contributed by atoms with E-state index in [-0.39, 0.29) is 0 Å². The van der Waals surface area contributed by atoms with Gasteiger partial charge in [-0.25, -0.2) is 19.6 Å². The van der Waals surface area contributed by atoms with Crippen molar-refractivity contribution in [1.29, 1.82) is 0 Å². The van der Waals surface area contributed by atoms with Gasteiger partial charge in [-0.05, 0) is 71.9 Å². The molecule has 5 aromatic rings. The Morgan fingerprint density at radius 2 is 1.51 bits per heavy atom. The first-order valence-electron chi connectivity index (χ1n) is 15.1. The van der Waals surface area contributed by atoms with Crippen LogP contribution in [0.5, 0.6) is 0 Å². The van der Waals surface area contributed by atoms with Crippen LogP contribution < -0.4 is 5.32 Å². The van der Waals surface area contributed by atoms with Gasteiger partial charge in [0.1, 0.15) is 11.2 Å². The molecule has 45 heavy (non-hydrogen) atoms. The van der Waals surface area contributed by atoms with E-state index >= 15 is 0 Å². The first kappa shape index (κ1) is 30.1. The molecule has 2 aromatic carbocycles. The summed E-state index contributed by atoms with van der Waals surface area (Å²) in [4.78, 5) is 34.9. The molecule has 10 nitrogen and oxygen atoms in total. The fourth-order valence-electron chi connectivity index (χ4n) is 5.50. The highest BCUT2D eigenvalue weighted by molar-refractivity contribution is 5.82. The van der Waals surface area contributed by atoms with E-state index in [4.69, 9.17) is 14.5 Å². The fourth-order valence-corrected chi connectivity index (χ4v) is 5.50. The van der Waals surface area contributed by atoms with Crippen LogP contribution in [0.1, 0.15) is 66.4 Å². The molecule has 0 radical (unpaired) electrons. The van der Waals surface area contributed by atoms with Gasteiger partial charge in [0, 0.05) is 29.1 Å². The molecule has 0 spiro atoms. The summed E-state index contributed by atoms with van der Waals surface area (Å²) in [7, 11) is 0. The summed E-state index contributed by atoms with van der Waals surface area (Å²) in [6.45, 7) is 11.0. The van der Waals surface area contributed by atoms with Crippen LogP contribution in [0.15, 0.2) is 79.4 Å². The maximum absolute atomic E-state index is 12.7. The quantitative estimate of drug-likeness (QED) is 0.219. The van der Waals surface area contributed by atoms with E-state index in [0.717, 1.165) is 52.9 Å². The monoisotopic (exact) mass is 606 g/mol. The van der Waals surface area contributed by atoms with Gasteiger partial charge in [0.25, 0.3) is 0 Å². The number of nitrogens with zero attached hydrogens (tertiary/aromatic N) is 5. The number of imidazole rings is 1. The average Bonchev–Trinajstić information content (AvgIpc) is 3.60. The number of aromatic nitrogens is 5. The summed E-state index contributed by atoms with van der Waals surface area (Å²) >= 11 is 0. The molecule has 6 rings (SSSR count). The van der Waals surface area contributed by atoms with Crippen LogP contribution in [0.2, 0.25) is 0 Å². The topological polar surface area (TPSA) is 113 Å². The molecule has 1 N–H and O–H groups in total. The van der Waals surface area contributed by atoms with Crippen molar-refractivity contribution in [3.8, 4) is 33.6 Å². The number of hydrogen-bond donors (Lipinski definition) is 1. The predicted molar refractivity (Wildman–Crippen MR) is 172 cm³/mol. The zero-order chi connectivity index (χ0) is 32.0. The van der Waals surface area contributed by atoms with Crippen molar-refractivity contribution in [1.82, 2.24) is 29.5 Å². The Bertz CT molecular complexity index is 1860. The van der Waals surface area contributed by atoms with Gasteiger partial charge in [0.2, 0.25) is 5.78 Å². The molecule has 1 saturated carbocycles. The van der Waals surface area contributed by atoms with Gasteiger partial charge < -0.3 is 14.8 Å². The van der Waals surface area contributed by atoms with Crippen molar-refractivity contribution in [2.75, 3.05) is 0 Å². The Morgan fingerprint density at radius 1 is 0.822 bits per heavy atom. The minimum atomic E-state index is -0.636. The maximum atomic E-state index is 12.7. The second-order valence-electron chi connectivity index (χ2n) is 13.5. The Kier molecular flexibility index (Phi) is 7.46. The van der Waals surface area contributed by atoms with E-state index in [0.29, 0.717) is 11.3 Å². The number of amides is 1. The lowest BCUT2D eigenvalue weighted by Crippen LogP contribution is -2.52. The summed E-state index contributed by atoms with van der Waals surface area (Å²) < 4.78 is 14.1. The summed E-state index contributed by atoms with van der Waals surface area (Å²) in [6, 6.07) is 18.3. The molecule has 1 aliphatic carbocycles. The third-order valence-electron chi connectivity index (χ3n) is 7.70. The van der Waals surface area contributed by atoms with Crippen LogP contribution in [0.4, 0.5) is 9.59 Å². The van der Waals surface area contributed by atoms with Crippen molar-refractivity contribution in [2.45, 2.75) is 77.5 Å². The Balaban J connectivity index is 1.36. The van der Waals surface area contributed by atoms with Gasteiger partial charge in [0.15, 0.2) is 0 Å². The summed E-state index contributed by atoms with van der Waals surface area (Å²) in [5, 5.41) is 7.37. The standard InChI is InChI=1S/C35H38N6O4/c1-33(2,3)44-31(42)39-35(17-10-18-35)26-15-13-24(14-16-26)29-27(23-11-8-7-9-12-23)22-40-28(20-36-30(40)38-29)25-19-37-41(21-25)32(43)45-34(4,5)6/h7-9,11-16,19-22H,10,17-18H2,1-6H3,(H,39,42). The molecular weight excluding hydrogens is 568 g/mol. The highest BCUT2D eigenvalue weighted by Gasteiger charge is 2.41. The molecule has 232 valence electrons. The molecular formula is C35H38N6O4. The van der Waals surface area contributed by atoms with Gasteiger partial charge in [-0.15, -0.1) is 0 Å². The molecule has 1 aliphatic rings. The number of benzene rings is 2. The van der Waals surface area contributed by atoms with Crippen molar-refractivity contribution < 1.29 is 19.1 Å². The number of alkyl carbamates (subject to hydrolysis) is 1. The first-order chi connectivity index (χ1) is 21.3. The molecule has 0 aliphatic heterocycles. The van der Waals surface area contributed by atoms with Gasteiger partial charge in [-0.3, -0.25) is 4.40 Å². The van der Waals surface area contributed by atoms with Crippen LogP contribution >= 0.6 is 0 Å². The minimum absolute atomic E-state index is 0.406. The number of carbonyl (C=O) groups excluding carboxylic acids is 2. The van der Waals surface area contributed by atoms with E-state index in [1.54, 1.807) is 18.6 Å². The normalized spacial score (nSPS) is 14.5. The van der Waals surface area contributed by atoms with E-state index < -0.39 is 28.9 Å². The minimum Gasteiger partial charge on any atom is -0.444 e. The Hall–Kier alpha value is -4.99. The highest BCUT2D eigenvalue weighted by Crippen LogP contribution is 2.42. The molecule has 0 unspecified atom stereocenters. The number of nitrogens with one attached hydrogen (secondary N) is 1. The van der Waals surface area contributed by atoms with Crippen molar-refractivity contribution in [3.05, 3.63) is 84.9 Å². The number of ether oxygens (including phenoxy) is 2. The van der Waals surface area contributed by atoms with Crippen molar-refractivity contribution in [3.63, 3.8) is 0 Å². The van der Waals surface area contributed by atoms with E-state index in [1.165, 1.54) is 4.68 Å². The van der Waals surface area contributed by atoms with Gasteiger partial charge in [-0.1, -0.05) is 54.6 Å². The van der Waals surface area contributed by atoms with Gasteiger partial charge in [-0.2, -0.15) is 9.78 Å². The van der Waals surface area contributed by atoms with Crippen molar-refractivity contribution in [2.24, 2.45) is 0 Å². The summed E-state index contributed by atoms with van der Waals surface area (Å²) in [5.41, 5.74) is 4.46. The molecule has 0 saturated heterocycles. The van der Waals surface area contributed by atoms with Crippen LogP contribution in [-0.4, -0.2) is 47.5 Å². The third-order valence-corrected chi connectivity index (χ3v) is 7.70. The van der Waals surface area contributed by atoms with Gasteiger partial charge in [0.05, 0.1) is 29.3 Å². The van der Waals surface area contributed by atoms with Crippen LogP contribution in [-0.2, 0) is 15.0 Å². The second kappa shape index (κ2) is 11.2. The molecule has 1 amide bonds. The lowest BCUT2D eigenvalue weighted by Gasteiger charge is -2.43. The zero-order valence-corrected chi connectivity index (χ0v) is 26.5. The van der Waals surface area contributed by atoms with Crippen LogP contribution in [0, 0.1) is 0 Å². The number of fused-ring (bicyclic) bond motifs is 1. The Morgan fingerprint density at radius 3 is 2.13 bits per heavy atom. The molecule has 10 heteroatoms. The number of carbonyl (C=O) groups is 2. The SMILES string of the molecule is CC(C)(C)OC(=O)NC1(c2ccc(-c3nc4ncc(-c5cnn(C(=O)OC(C)(C)C)c5)n4cc3-c3ccccc3)cc2)CCC1.